The van der Waals surface area contributed by atoms with Crippen LogP contribution in [-0.4, -0.2) is 0 Å². The van der Waals surface area contributed by atoms with Crippen LogP contribution in [0.3, 0.4) is 0 Å². The van der Waals surface area contributed by atoms with Gasteiger partial charge in [-0.15, -0.1) is 6.58 Å². The van der Waals surface area contributed by atoms with E-state index in [1.165, 1.54) is 0 Å². The molecule has 0 heterocycles. The van der Waals surface area contributed by atoms with E-state index in [4.69, 9.17) is 5.73 Å². The van der Waals surface area contributed by atoms with Crippen LogP contribution in [0.1, 0.15) is 17.2 Å². The first-order valence-electron chi connectivity index (χ1n) is 3.88. The van der Waals surface area contributed by atoms with E-state index in [9.17, 15) is 0 Å². The van der Waals surface area contributed by atoms with Gasteiger partial charge in [-0.2, -0.15) is 0 Å². The first-order valence-corrected chi connectivity index (χ1v) is 3.88. The van der Waals surface area contributed by atoms with Crippen LogP contribution in [-0.2, 0) is 0 Å². The van der Waals surface area contributed by atoms with Gasteiger partial charge in [-0.25, -0.2) is 0 Å². The molecule has 0 radical (unpaired) electrons. The third-order valence-electron chi connectivity index (χ3n) is 1.81. The van der Waals surface area contributed by atoms with Crippen molar-refractivity contribution in [2.45, 2.75) is 6.04 Å². The van der Waals surface area contributed by atoms with Crippen molar-refractivity contribution in [3.8, 4) is 0 Å². The lowest BCUT2D eigenvalue weighted by molar-refractivity contribution is 0.914. The predicted octanol–water partition coefficient (Wildman–Crippen LogP) is 2.52. The quantitative estimate of drug-likeness (QED) is 0.674. The Morgan fingerprint density at radius 3 is 2.17 bits per heavy atom. The van der Waals surface area contributed by atoms with Crippen molar-refractivity contribution in [1.29, 1.82) is 0 Å². The normalized spacial score (nSPS) is 12.1. The Labute approximate surface area is 73.2 Å². The van der Waals surface area contributed by atoms with E-state index in [1.54, 1.807) is 6.08 Å². The van der Waals surface area contributed by atoms with Crippen LogP contribution in [0.25, 0.3) is 6.08 Å². The zero-order valence-electron chi connectivity index (χ0n) is 7.03. The molecular formula is C11H13N. The van der Waals surface area contributed by atoms with E-state index >= 15 is 0 Å². The molecule has 0 aliphatic heterocycles. The van der Waals surface area contributed by atoms with Crippen LogP contribution >= 0.6 is 0 Å². The number of hydrogen-bond acceptors (Lipinski definition) is 1. The summed E-state index contributed by atoms with van der Waals surface area (Å²) in [5, 5.41) is 0. The Balaban J connectivity index is 2.91. The smallest absolute Gasteiger partial charge is 0.0478 e. The monoisotopic (exact) mass is 159 g/mol. The van der Waals surface area contributed by atoms with Gasteiger partial charge in [-0.05, 0) is 11.1 Å². The molecule has 0 spiro atoms. The molecule has 1 aromatic rings. The first kappa shape index (κ1) is 8.75. The molecule has 0 fully saturated rings. The summed E-state index contributed by atoms with van der Waals surface area (Å²) in [7, 11) is 0. The Morgan fingerprint density at radius 2 is 1.75 bits per heavy atom. The second-order valence-electron chi connectivity index (χ2n) is 2.63. The first-order chi connectivity index (χ1) is 5.77. The Hall–Kier alpha value is -1.34. The highest BCUT2D eigenvalue weighted by Crippen LogP contribution is 2.12. The Bertz CT molecular complexity index is 272. The van der Waals surface area contributed by atoms with Gasteiger partial charge in [0, 0.05) is 6.04 Å². The maximum Gasteiger partial charge on any atom is 0.0478 e. The average Bonchev–Trinajstić information content (AvgIpc) is 2.17. The Morgan fingerprint density at radius 1 is 1.17 bits per heavy atom. The zero-order chi connectivity index (χ0) is 8.97. The minimum Gasteiger partial charge on any atom is -0.321 e. The standard InChI is InChI=1S/C11H13N/c1-3-9-5-7-10(8-6-9)11(12)4-2/h3-8,11H,1-2,12H2/t11-/m0/s1. The number of hydrogen-bond donors (Lipinski definition) is 1. The summed E-state index contributed by atoms with van der Waals surface area (Å²) in [6.07, 6.45) is 3.53. The van der Waals surface area contributed by atoms with E-state index in [0.717, 1.165) is 11.1 Å². The minimum atomic E-state index is -0.0659. The molecule has 0 unspecified atom stereocenters. The lowest BCUT2D eigenvalue weighted by Gasteiger charge is -2.05. The van der Waals surface area contributed by atoms with Crippen LogP contribution in [0.15, 0.2) is 43.5 Å². The summed E-state index contributed by atoms with van der Waals surface area (Å²) < 4.78 is 0. The highest BCUT2D eigenvalue weighted by atomic mass is 14.6. The molecule has 1 nitrogen and oxygen atoms in total. The summed E-state index contributed by atoms with van der Waals surface area (Å²) >= 11 is 0. The molecule has 0 amide bonds. The predicted molar refractivity (Wildman–Crippen MR) is 53.7 cm³/mol. The maximum absolute atomic E-state index is 5.74. The molecule has 12 heavy (non-hydrogen) atoms. The zero-order valence-corrected chi connectivity index (χ0v) is 7.03. The van der Waals surface area contributed by atoms with Crippen LogP contribution in [0.5, 0.6) is 0 Å². The fourth-order valence-corrected chi connectivity index (χ4v) is 0.990. The van der Waals surface area contributed by atoms with E-state index < -0.39 is 0 Å². The van der Waals surface area contributed by atoms with Gasteiger partial charge in [0.05, 0.1) is 0 Å². The third kappa shape index (κ3) is 1.83. The fourth-order valence-electron chi connectivity index (χ4n) is 0.990. The van der Waals surface area contributed by atoms with E-state index in [-0.39, 0.29) is 6.04 Å². The van der Waals surface area contributed by atoms with Gasteiger partial charge in [-0.3, -0.25) is 0 Å². The van der Waals surface area contributed by atoms with E-state index in [2.05, 4.69) is 13.2 Å². The second-order valence-corrected chi connectivity index (χ2v) is 2.63. The molecule has 1 rings (SSSR count). The molecule has 1 atom stereocenters. The second kappa shape index (κ2) is 3.88. The van der Waals surface area contributed by atoms with Crippen molar-refractivity contribution in [2.75, 3.05) is 0 Å². The van der Waals surface area contributed by atoms with Crippen molar-refractivity contribution in [2.24, 2.45) is 5.73 Å². The number of benzene rings is 1. The molecular weight excluding hydrogens is 146 g/mol. The molecule has 0 aromatic heterocycles. The Kier molecular flexibility index (Phi) is 2.83. The highest BCUT2D eigenvalue weighted by molar-refractivity contribution is 5.47. The lowest BCUT2D eigenvalue weighted by atomic mass is 10.1. The molecule has 1 heteroatoms. The molecule has 62 valence electrons. The molecule has 0 bridgehead atoms. The van der Waals surface area contributed by atoms with Gasteiger partial charge in [0.25, 0.3) is 0 Å². The highest BCUT2D eigenvalue weighted by Gasteiger charge is 1.98. The van der Waals surface area contributed by atoms with Crippen molar-refractivity contribution in [3.63, 3.8) is 0 Å². The van der Waals surface area contributed by atoms with Gasteiger partial charge in [0.1, 0.15) is 0 Å². The van der Waals surface area contributed by atoms with Crippen molar-refractivity contribution in [1.82, 2.24) is 0 Å². The van der Waals surface area contributed by atoms with Crippen LogP contribution in [0.4, 0.5) is 0 Å². The minimum absolute atomic E-state index is 0.0659. The maximum atomic E-state index is 5.74. The molecule has 0 saturated carbocycles. The van der Waals surface area contributed by atoms with Crippen molar-refractivity contribution < 1.29 is 0 Å². The van der Waals surface area contributed by atoms with Crippen LogP contribution in [0, 0.1) is 0 Å². The number of nitrogens with two attached hydrogens (primary N) is 1. The van der Waals surface area contributed by atoms with Gasteiger partial charge in [0.15, 0.2) is 0 Å². The SMILES string of the molecule is C=Cc1ccc([C@@H](N)C=C)cc1. The molecule has 2 N–H and O–H groups in total. The fraction of sp³-hybridized carbons (Fsp3) is 0.0909. The van der Waals surface area contributed by atoms with Gasteiger partial charge >= 0.3 is 0 Å². The third-order valence-corrected chi connectivity index (χ3v) is 1.81. The topological polar surface area (TPSA) is 26.0 Å². The van der Waals surface area contributed by atoms with Crippen molar-refractivity contribution in [3.05, 3.63) is 54.6 Å². The van der Waals surface area contributed by atoms with Crippen LogP contribution in [0.2, 0.25) is 0 Å². The summed E-state index contributed by atoms with van der Waals surface area (Å²) in [6, 6.07) is 7.90. The largest absolute Gasteiger partial charge is 0.321 e. The van der Waals surface area contributed by atoms with Crippen LogP contribution < -0.4 is 5.73 Å². The molecule has 1 aromatic carbocycles. The van der Waals surface area contributed by atoms with E-state index in [1.807, 2.05) is 30.3 Å². The van der Waals surface area contributed by atoms with E-state index in [0.29, 0.717) is 0 Å². The summed E-state index contributed by atoms with van der Waals surface area (Å²) in [6.45, 7) is 7.31. The van der Waals surface area contributed by atoms with Crippen molar-refractivity contribution >= 4 is 6.08 Å². The average molecular weight is 159 g/mol. The summed E-state index contributed by atoms with van der Waals surface area (Å²) in [5.74, 6) is 0. The summed E-state index contributed by atoms with van der Waals surface area (Å²) in [4.78, 5) is 0. The van der Waals surface area contributed by atoms with Gasteiger partial charge < -0.3 is 5.73 Å². The van der Waals surface area contributed by atoms with Gasteiger partial charge in [0.2, 0.25) is 0 Å². The summed E-state index contributed by atoms with van der Waals surface area (Å²) in [5.41, 5.74) is 7.93. The number of rotatable bonds is 3. The molecule has 0 aliphatic rings. The molecule has 0 saturated heterocycles. The lowest BCUT2D eigenvalue weighted by Crippen LogP contribution is -2.05. The van der Waals surface area contributed by atoms with Gasteiger partial charge in [-0.1, -0.05) is 43.0 Å². The molecule has 0 aliphatic carbocycles.